The smallest absolute Gasteiger partial charge is 0.137 e. The second-order valence-corrected chi connectivity index (χ2v) is 6.43. The van der Waals surface area contributed by atoms with E-state index in [-0.39, 0.29) is 5.82 Å². The fourth-order valence-electron chi connectivity index (χ4n) is 2.10. The summed E-state index contributed by atoms with van der Waals surface area (Å²) in [7, 11) is 0. The third kappa shape index (κ3) is 3.25. The van der Waals surface area contributed by atoms with E-state index in [9.17, 15) is 4.39 Å². The van der Waals surface area contributed by atoms with Gasteiger partial charge in [-0.2, -0.15) is 0 Å². The average Bonchev–Trinajstić information content (AvgIpc) is 2.35. The van der Waals surface area contributed by atoms with Gasteiger partial charge >= 0.3 is 0 Å². The lowest BCUT2D eigenvalue weighted by Gasteiger charge is -2.27. The second kappa shape index (κ2) is 5.73. The van der Waals surface area contributed by atoms with Gasteiger partial charge in [0.25, 0.3) is 0 Å². The number of halogens is 3. The summed E-state index contributed by atoms with van der Waals surface area (Å²) in [5, 5.41) is 0. The van der Waals surface area contributed by atoms with Crippen molar-refractivity contribution < 1.29 is 4.39 Å². The summed E-state index contributed by atoms with van der Waals surface area (Å²) in [6, 6.07) is 12.9. The van der Waals surface area contributed by atoms with Gasteiger partial charge < -0.3 is 5.73 Å². The van der Waals surface area contributed by atoms with Gasteiger partial charge in [0.05, 0.1) is 4.47 Å². The van der Waals surface area contributed by atoms with Crippen LogP contribution in [0.2, 0.25) is 0 Å². The molecule has 1 nitrogen and oxygen atoms in total. The average molecular weight is 387 g/mol. The molecule has 0 aromatic heterocycles. The zero-order valence-corrected chi connectivity index (χ0v) is 13.6. The van der Waals surface area contributed by atoms with Gasteiger partial charge in [-0.25, -0.2) is 4.39 Å². The molecular weight excluding hydrogens is 373 g/mol. The maximum atomic E-state index is 13.5. The molecule has 2 aromatic rings. The van der Waals surface area contributed by atoms with Crippen LogP contribution in [0, 0.1) is 5.82 Å². The van der Waals surface area contributed by atoms with Crippen molar-refractivity contribution in [2.45, 2.75) is 18.9 Å². The Morgan fingerprint density at radius 2 is 1.79 bits per heavy atom. The van der Waals surface area contributed by atoms with E-state index in [0.29, 0.717) is 10.9 Å². The molecule has 0 radical (unpaired) electrons. The third-order valence-electron chi connectivity index (χ3n) is 3.08. The highest BCUT2D eigenvalue weighted by atomic mass is 79.9. The maximum Gasteiger partial charge on any atom is 0.137 e. The Morgan fingerprint density at radius 3 is 2.47 bits per heavy atom. The molecule has 2 aromatic carbocycles. The molecule has 0 amide bonds. The van der Waals surface area contributed by atoms with Crippen LogP contribution in [0.3, 0.4) is 0 Å². The molecule has 0 fully saturated rings. The Kier molecular flexibility index (Phi) is 4.43. The van der Waals surface area contributed by atoms with Crippen LogP contribution in [-0.2, 0) is 12.0 Å². The Hall–Kier alpha value is -0.710. The number of hydrogen-bond donors (Lipinski definition) is 1. The van der Waals surface area contributed by atoms with Gasteiger partial charge in [0.2, 0.25) is 0 Å². The molecular formula is C15H14Br2FN. The minimum absolute atomic E-state index is 0.263. The zero-order valence-electron chi connectivity index (χ0n) is 10.5. The summed E-state index contributed by atoms with van der Waals surface area (Å²) in [4.78, 5) is 0. The fraction of sp³-hybridized carbons (Fsp3) is 0.200. The molecule has 0 aliphatic rings. The quantitative estimate of drug-likeness (QED) is 0.807. The lowest BCUT2D eigenvalue weighted by atomic mass is 9.86. The van der Waals surface area contributed by atoms with Gasteiger partial charge in [0, 0.05) is 10.0 Å². The summed E-state index contributed by atoms with van der Waals surface area (Å²) >= 11 is 6.79. The van der Waals surface area contributed by atoms with Crippen molar-refractivity contribution in [1.29, 1.82) is 0 Å². The highest BCUT2D eigenvalue weighted by molar-refractivity contribution is 9.10. The minimum Gasteiger partial charge on any atom is -0.321 e. The minimum atomic E-state index is -0.573. The highest BCUT2D eigenvalue weighted by Crippen LogP contribution is 2.32. The summed E-state index contributed by atoms with van der Waals surface area (Å²) in [6.45, 7) is 1.95. The SMILES string of the molecule is CC(N)(Cc1cccc(F)c1Br)c1ccccc1Br. The molecule has 2 N–H and O–H groups in total. The first-order valence-electron chi connectivity index (χ1n) is 5.88. The molecule has 2 rings (SSSR count). The predicted molar refractivity (Wildman–Crippen MR) is 83.5 cm³/mol. The van der Waals surface area contributed by atoms with E-state index in [0.717, 1.165) is 15.6 Å². The molecule has 0 saturated heterocycles. The molecule has 1 atom stereocenters. The third-order valence-corrected chi connectivity index (χ3v) is 4.66. The van der Waals surface area contributed by atoms with Gasteiger partial charge in [-0.15, -0.1) is 0 Å². The second-order valence-electron chi connectivity index (χ2n) is 4.79. The number of benzene rings is 2. The lowest BCUT2D eigenvalue weighted by molar-refractivity contribution is 0.486. The van der Waals surface area contributed by atoms with Crippen LogP contribution in [0.25, 0.3) is 0 Å². The van der Waals surface area contributed by atoms with Crippen molar-refractivity contribution in [3.05, 3.63) is 68.4 Å². The molecule has 4 heteroatoms. The van der Waals surface area contributed by atoms with Crippen LogP contribution in [0.1, 0.15) is 18.1 Å². The summed E-state index contributed by atoms with van der Waals surface area (Å²) in [5.74, 6) is -0.263. The Morgan fingerprint density at radius 1 is 1.11 bits per heavy atom. The Labute approximate surface area is 129 Å². The molecule has 100 valence electrons. The maximum absolute atomic E-state index is 13.5. The van der Waals surface area contributed by atoms with Crippen molar-refractivity contribution in [3.8, 4) is 0 Å². The van der Waals surface area contributed by atoms with Crippen molar-refractivity contribution >= 4 is 31.9 Å². The van der Waals surface area contributed by atoms with Crippen LogP contribution in [0.15, 0.2) is 51.4 Å². The first-order chi connectivity index (χ1) is 8.92. The number of nitrogens with two attached hydrogens (primary N) is 1. The molecule has 19 heavy (non-hydrogen) atoms. The molecule has 0 aliphatic heterocycles. The normalized spacial score (nSPS) is 14.2. The van der Waals surface area contributed by atoms with E-state index in [1.807, 2.05) is 37.3 Å². The first kappa shape index (κ1) is 14.7. The van der Waals surface area contributed by atoms with Gasteiger partial charge in [-0.3, -0.25) is 0 Å². The summed E-state index contributed by atoms with van der Waals surface area (Å²) in [5.41, 5.74) is 7.71. The van der Waals surface area contributed by atoms with Crippen LogP contribution in [0.4, 0.5) is 4.39 Å². The zero-order chi connectivity index (χ0) is 14.0. The fourth-order valence-corrected chi connectivity index (χ4v) is 3.24. The largest absolute Gasteiger partial charge is 0.321 e. The van der Waals surface area contributed by atoms with Crippen LogP contribution < -0.4 is 5.73 Å². The van der Waals surface area contributed by atoms with E-state index in [4.69, 9.17) is 5.73 Å². The summed E-state index contributed by atoms with van der Waals surface area (Å²) < 4.78 is 15.0. The lowest BCUT2D eigenvalue weighted by Crippen LogP contribution is -2.36. The van der Waals surface area contributed by atoms with E-state index in [2.05, 4.69) is 31.9 Å². The molecule has 0 aliphatic carbocycles. The van der Waals surface area contributed by atoms with Crippen molar-refractivity contribution in [2.24, 2.45) is 5.73 Å². The topological polar surface area (TPSA) is 26.0 Å². The summed E-state index contributed by atoms with van der Waals surface area (Å²) in [6.07, 6.45) is 0.550. The van der Waals surface area contributed by atoms with Gasteiger partial charge in [-0.05, 0) is 52.5 Å². The van der Waals surface area contributed by atoms with Gasteiger partial charge in [-0.1, -0.05) is 46.3 Å². The molecule has 1 unspecified atom stereocenters. The van der Waals surface area contributed by atoms with Crippen LogP contribution in [0.5, 0.6) is 0 Å². The van der Waals surface area contributed by atoms with E-state index >= 15 is 0 Å². The standard InChI is InChI=1S/C15H14Br2FN/c1-15(19,11-6-2-3-7-12(11)16)9-10-5-4-8-13(18)14(10)17/h2-8H,9,19H2,1H3. The van der Waals surface area contributed by atoms with Crippen molar-refractivity contribution in [1.82, 2.24) is 0 Å². The Bertz CT molecular complexity index is 596. The molecule has 0 bridgehead atoms. The number of hydrogen-bond acceptors (Lipinski definition) is 1. The first-order valence-corrected chi connectivity index (χ1v) is 7.47. The van der Waals surface area contributed by atoms with Crippen molar-refractivity contribution in [3.63, 3.8) is 0 Å². The van der Waals surface area contributed by atoms with Crippen LogP contribution >= 0.6 is 31.9 Å². The predicted octanol–water partition coefficient (Wildman–Crippen LogP) is 4.77. The molecule has 0 spiro atoms. The van der Waals surface area contributed by atoms with Crippen LogP contribution in [-0.4, -0.2) is 0 Å². The van der Waals surface area contributed by atoms with E-state index in [1.165, 1.54) is 6.07 Å². The van der Waals surface area contributed by atoms with E-state index in [1.54, 1.807) is 6.07 Å². The molecule has 0 heterocycles. The monoisotopic (exact) mass is 385 g/mol. The van der Waals surface area contributed by atoms with Gasteiger partial charge in [0.1, 0.15) is 5.82 Å². The van der Waals surface area contributed by atoms with E-state index < -0.39 is 5.54 Å². The Balaban J connectivity index is 2.36. The number of rotatable bonds is 3. The highest BCUT2D eigenvalue weighted by Gasteiger charge is 2.25. The molecule has 0 saturated carbocycles. The van der Waals surface area contributed by atoms with Crippen molar-refractivity contribution in [2.75, 3.05) is 0 Å². The van der Waals surface area contributed by atoms with Gasteiger partial charge in [0.15, 0.2) is 0 Å².